The minimum absolute atomic E-state index is 0.0359. The third-order valence-electron chi connectivity index (χ3n) is 5.30. The van der Waals surface area contributed by atoms with Crippen LogP contribution in [0.25, 0.3) is 0 Å². The van der Waals surface area contributed by atoms with E-state index in [2.05, 4.69) is 10.6 Å². The van der Waals surface area contributed by atoms with Crippen LogP contribution in [0.5, 0.6) is 17.2 Å². The molecule has 1 aliphatic rings. The van der Waals surface area contributed by atoms with E-state index in [1.54, 1.807) is 30.3 Å². The van der Waals surface area contributed by atoms with Crippen LogP contribution in [-0.2, 0) is 9.59 Å². The number of amides is 2. The van der Waals surface area contributed by atoms with Gasteiger partial charge in [-0.1, -0.05) is 12.1 Å². The van der Waals surface area contributed by atoms with Gasteiger partial charge in [-0.15, -0.1) is 0 Å². The Kier molecular flexibility index (Phi) is 7.54. The van der Waals surface area contributed by atoms with Crippen LogP contribution < -0.4 is 29.7 Å². The molecule has 0 saturated carbocycles. The molecule has 0 bridgehead atoms. The molecule has 1 atom stereocenters. The zero-order valence-corrected chi connectivity index (χ0v) is 18.6. The van der Waals surface area contributed by atoms with Gasteiger partial charge in [0.25, 0.3) is 5.69 Å². The average Bonchev–Trinajstić information content (AvgIpc) is 3.22. The number of anilines is 2. The van der Waals surface area contributed by atoms with Crippen LogP contribution in [0.1, 0.15) is 6.42 Å². The topological polar surface area (TPSA) is 132 Å². The van der Waals surface area contributed by atoms with Crippen LogP contribution >= 0.6 is 0 Å². The number of benzene rings is 2. The Bertz CT molecular complexity index is 1020. The van der Waals surface area contributed by atoms with Crippen molar-refractivity contribution in [3.8, 4) is 17.2 Å². The first-order valence-corrected chi connectivity index (χ1v) is 10.2. The number of hydrogen-bond acceptors (Lipinski definition) is 8. The molecule has 1 heterocycles. The highest BCUT2D eigenvalue weighted by atomic mass is 16.6. The van der Waals surface area contributed by atoms with Gasteiger partial charge in [0.15, 0.2) is 11.5 Å². The molecule has 1 unspecified atom stereocenters. The number of hydrogen-bond donors (Lipinski definition) is 2. The number of para-hydroxylation sites is 2. The normalized spacial score (nSPS) is 15.2. The molecule has 2 N–H and O–H groups in total. The number of nitro benzene ring substituents is 1. The Morgan fingerprint density at radius 3 is 2.39 bits per heavy atom. The second kappa shape index (κ2) is 10.5. The van der Waals surface area contributed by atoms with Crippen molar-refractivity contribution in [2.24, 2.45) is 5.92 Å². The van der Waals surface area contributed by atoms with E-state index >= 15 is 0 Å². The van der Waals surface area contributed by atoms with E-state index in [0.717, 1.165) is 0 Å². The Labute approximate surface area is 190 Å². The number of nitrogens with one attached hydrogen (secondary N) is 2. The summed E-state index contributed by atoms with van der Waals surface area (Å²) in [5, 5.41) is 16.8. The van der Waals surface area contributed by atoms with Crippen molar-refractivity contribution < 1.29 is 28.7 Å². The lowest BCUT2D eigenvalue weighted by molar-refractivity contribution is -0.384. The highest BCUT2D eigenvalue weighted by Gasteiger charge is 2.35. The van der Waals surface area contributed by atoms with Gasteiger partial charge in [0.2, 0.25) is 17.6 Å². The summed E-state index contributed by atoms with van der Waals surface area (Å²) in [4.78, 5) is 37.3. The highest BCUT2D eigenvalue weighted by molar-refractivity contribution is 6.00. The van der Waals surface area contributed by atoms with Gasteiger partial charge in [0.1, 0.15) is 5.69 Å². The summed E-state index contributed by atoms with van der Waals surface area (Å²) in [5.41, 5.74) is 0.885. The fourth-order valence-electron chi connectivity index (χ4n) is 3.67. The molecule has 1 fully saturated rings. The van der Waals surface area contributed by atoms with Gasteiger partial charge in [-0.05, 0) is 6.07 Å². The van der Waals surface area contributed by atoms with Crippen LogP contribution in [0.4, 0.5) is 17.1 Å². The lowest BCUT2D eigenvalue weighted by atomic mass is 10.1. The first kappa shape index (κ1) is 23.6. The monoisotopic (exact) mass is 458 g/mol. The van der Waals surface area contributed by atoms with Gasteiger partial charge < -0.3 is 29.7 Å². The summed E-state index contributed by atoms with van der Waals surface area (Å²) in [6.07, 6.45) is 0.0695. The molecule has 0 aromatic heterocycles. The molecule has 3 rings (SSSR count). The number of carbonyl (C=O) groups excluding carboxylic acids is 2. The number of methoxy groups -OCH3 is 3. The maximum Gasteiger partial charge on any atom is 0.292 e. The van der Waals surface area contributed by atoms with E-state index in [-0.39, 0.29) is 37.0 Å². The molecule has 2 aromatic rings. The summed E-state index contributed by atoms with van der Waals surface area (Å²) < 4.78 is 16.0. The second-order valence-electron chi connectivity index (χ2n) is 7.28. The lowest BCUT2D eigenvalue weighted by Gasteiger charge is -2.20. The third kappa shape index (κ3) is 5.25. The summed E-state index contributed by atoms with van der Waals surface area (Å²) >= 11 is 0. The van der Waals surface area contributed by atoms with E-state index in [9.17, 15) is 19.7 Å². The third-order valence-corrected chi connectivity index (χ3v) is 5.30. The maximum absolute atomic E-state index is 12.6. The van der Waals surface area contributed by atoms with E-state index in [1.807, 2.05) is 0 Å². The fraction of sp³-hybridized carbons (Fsp3) is 0.364. The maximum atomic E-state index is 12.6. The number of nitrogens with zero attached hydrogens (tertiary/aromatic N) is 2. The Balaban J connectivity index is 1.59. The Morgan fingerprint density at radius 1 is 1.12 bits per heavy atom. The largest absolute Gasteiger partial charge is 0.493 e. The molecule has 0 radical (unpaired) electrons. The summed E-state index contributed by atoms with van der Waals surface area (Å²) in [5.74, 6) is 0.255. The van der Waals surface area contributed by atoms with Crippen LogP contribution in [0.2, 0.25) is 0 Å². The average molecular weight is 458 g/mol. The molecule has 33 heavy (non-hydrogen) atoms. The van der Waals surface area contributed by atoms with E-state index in [0.29, 0.717) is 35.2 Å². The zero-order valence-electron chi connectivity index (χ0n) is 18.6. The molecular formula is C22H26N4O7. The van der Waals surface area contributed by atoms with Crippen molar-refractivity contribution in [3.63, 3.8) is 0 Å². The first-order valence-electron chi connectivity index (χ1n) is 10.2. The molecule has 2 amide bonds. The molecule has 0 spiro atoms. The van der Waals surface area contributed by atoms with E-state index in [1.165, 1.54) is 32.3 Å². The number of rotatable bonds is 10. The number of ether oxygens (including phenoxy) is 3. The quantitative estimate of drug-likeness (QED) is 0.315. The first-order chi connectivity index (χ1) is 15.9. The molecule has 0 aliphatic carbocycles. The van der Waals surface area contributed by atoms with Crippen molar-refractivity contribution >= 4 is 28.9 Å². The van der Waals surface area contributed by atoms with Gasteiger partial charge in [0, 0.05) is 44.3 Å². The Morgan fingerprint density at radius 2 is 1.79 bits per heavy atom. The SMILES string of the molecule is COc1cc(N2CC(C(=O)NCCNc3ccccc3[N+](=O)[O-])CC2=O)cc(OC)c1OC. The highest BCUT2D eigenvalue weighted by Crippen LogP contribution is 2.42. The van der Waals surface area contributed by atoms with Gasteiger partial charge in [-0.3, -0.25) is 19.7 Å². The van der Waals surface area contributed by atoms with Gasteiger partial charge in [-0.2, -0.15) is 0 Å². The second-order valence-corrected chi connectivity index (χ2v) is 7.28. The lowest BCUT2D eigenvalue weighted by Crippen LogP contribution is -2.35. The van der Waals surface area contributed by atoms with Crippen molar-refractivity contribution in [2.45, 2.75) is 6.42 Å². The minimum atomic E-state index is -0.525. The molecule has 1 aliphatic heterocycles. The van der Waals surface area contributed by atoms with Crippen LogP contribution in [0.15, 0.2) is 36.4 Å². The molecule has 11 heteroatoms. The van der Waals surface area contributed by atoms with E-state index in [4.69, 9.17) is 14.2 Å². The predicted molar refractivity (Wildman–Crippen MR) is 121 cm³/mol. The standard InChI is InChI=1S/C22H26N4O7/c1-31-18-11-15(12-19(32-2)21(18)33-3)25-13-14(10-20(25)27)22(28)24-9-8-23-16-6-4-5-7-17(16)26(29)30/h4-7,11-12,14,23H,8-10,13H2,1-3H3,(H,24,28). The van der Waals surface area contributed by atoms with Crippen molar-refractivity contribution in [3.05, 3.63) is 46.5 Å². The van der Waals surface area contributed by atoms with Gasteiger partial charge in [-0.25, -0.2) is 0 Å². The number of carbonyl (C=O) groups is 2. The molecule has 176 valence electrons. The van der Waals surface area contributed by atoms with Gasteiger partial charge in [0.05, 0.1) is 37.9 Å². The summed E-state index contributed by atoms with van der Waals surface area (Å²) in [7, 11) is 4.47. The molecule has 2 aromatic carbocycles. The molecule has 1 saturated heterocycles. The fourth-order valence-corrected chi connectivity index (χ4v) is 3.67. The zero-order chi connectivity index (χ0) is 24.0. The van der Waals surface area contributed by atoms with E-state index < -0.39 is 10.8 Å². The molecule has 11 nitrogen and oxygen atoms in total. The van der Waals surface area contributed by atoms with Crippen LogP contribution in [-0.4, -0.2) is 57.7 Å². The van der Waals surface area contributed by atoms with Crippen LogP contribution in [0.3, 0.4) is 0 Å². The molecular weight excluding hydrogens is 432 g/mol. The van der Waals surface area contributed by atoms with Crippen molar-refractivity contribution in [1.29, 1.82) is 0 Å². The number of nitro groups is 1. The van der Waals surface area contributed by atoms with Crippen LogP contribution in [0, 0.1) is 16.0 Å². The van der Waals surface area contributed by atoms with Crippen molar-refractivity contribution in [1.82, 2.24) is 5.32 Å². The minimum Gasteiger partial charge on any atom is -0.493 e. The van der Waals surface area contributed by atoms with Crippen molar-refractivity contribution in [2.75, 3.05) is 51.2 Å². The smallest absolute Gasteiger partial charge is 0.292 e. The summed E-state index contributed by atoms with van der Waals surface area (Å²) in [6.45, 7) is 0.758. The van der Waals surface area contributed by atoms with Gasteiger partial charge >= 0.3 is 0 Å². The predicted octanol–water partition coefficient (Wildman–Crippen LogP) is 2.20. The summed E-state index contributed by atoms with van der Waals surface area (Å²) in [6, 6.07) is 9.61. The Hall–Kier alpha value is -4.02.